The van der Waals surface area contributed by atoms with Crippen LogP contribution in [0.1, 0.15) is 24.1 Å². The van der Waals surface area contributed by atoms with Crippen LogP contribution in [0.25, 0.3) is 0 Å². The third-order valence-corrected chi connectivity index (χ3v) is 3.28. The van der Waals surface area contributed by atoms with Crippen molar-refractivity contribution in [1.82, 2.24) is 5.32 Å². The lowest BCUT2D eigenvalue weighted by atomic mass is 10.1. The molecule has 0 bridgehead atoms. The molecule has 0 saturated heterocycles. The quantitative estimate of drug-likeness (QED) is 0.676. The fraction of sp³-hybridized carbons (Fsp3) is 0.250. The van der Waals surface area contributed by atoms with Crippen LogP contribution in [0.2, 0.25) is 0 Å². The second kappa shape index (κ2) is 6.30. The first kappa shape index (κ1) is 14.2. The Labute approximate surface area is 118 Å². The Hall–Kier alpha value is -2.20. The van der Waals surface area contributed by atoms with Crippen LogP contribution in [-0.4, -0.2) is 21.9 Å². The zero-order valence-electron chi connectivity index (χ0n) is 11.4. The fourth-order valence-corrected chi connectivity index (χ4v) is 2.10. The first-order valence-electron chi connectivity index (χ1n) is 6.59. The molecule has 0 saturated carbocycles. The minimum atomic E-state index is -0.00675. The van der Waals surface area contributed by atoms with Gasteiger partial charge >= 0.3 is 0 Å². The van der Waals surface area contributed by atoms with Gasteiger partial charge in [0.1, 0.15) is 17.2 Å². The van der Waals surface area contributed by atoms with Crippen molar-refractivity contribution in [2.24, 2.45) is 0 Å². The molecule has 2 aromatic rings. The molecule has 0 aliphatic heterocycles. The molecule has 20 heavy (non-hydrogen) atoms. The summed E-state index contributed by atoms with van der Waals surface area (Å²) in [5, 5.41) is 31.6. The van der Waals surface area contributed by atoms with Gasteiger partial charge in [-0.2, -0.15) is 0 Å². The van der Waals surface area contributed by atoms with Gasteiger partial charge in [0.25, 0.3) is 0 Å². The van der Waals surface area contributed by atoms with Crippen molar-refractivity contribution in [3.8, 4) is 17.2 Å². The van der Waals surface area contributed by atoms with Crippen LogP contribution in [0.4, 0.5) is 0 Å². The van der Waals surface area contributed by atoms with Crippen molar-refractivity contribution in [2.45, 2.75) is 19.4 Å². The smallest absolute Gasteiger partial charge is 0.124 e. The molecule has 0 heterocycles. The number of benzene rings is 2. The highest BCUT2D eigenvalue weighted by Gasteiger charge is 2.10. The predicted molar refractivity (Wildman–Crippen MR) is 78.0 cm³/mol. The lowest BCUT2D eigenvalue weighted by Gasteiger charge is -2.15. The SMILES string of the molecule is CC(NCCc1ccc(O)cc1)c1ccc(O)cc1O. The summed E-state index contributed by atoms with van der Waals surface area (Å²) in [6, 6.07) is 11.7. The Morgan fingerprint density at radius 2 is 1.60 bits per heavy atom. The van der Waals surface area contributed by atoms with Gasteiger partial charge in [-0.05, 0) is 43.7 Å². The average molecular weight is 273 g/mol. The van der Waals surface area contributed by atoms with Crippen molar-refractivity contribution in [3.05, 3.63) is 53.6 Å². The Bertz CT molecular complexity index is 566. The van der Waals surface area contributed by atoms with Crippen LogP contribution in [-0.2, 0) is 6.42 Å². The molecule has 4 N–H and O–H groups in total. The maximum absolute atomic E-state index is 9.78. The van der Waals surface area contributed by atoms with Crippen LogP contribution < -0.4 is 5.32 Å². The molecule has 0 aliphatic carbocycles. The topological polar surface area (TPSA) is 72.7 Å². The van der Waals surface area contributed by atoms with E-state index in [1.54, 1.807) is 24.3 Å². The molecule has 4 nitrogen and oxygen atoms in total. The van der Waals surface area contributed by atoms with Crippen LogP contribution >= 0.6 is 0 Å². The van der Waals surface area contributed by atoms with Crippen LogP contribution in [0, 0.1) is 0 Å². The van der Waals surface area contributed by atoms with Crippen LogP contribution in [0.15, 0.2) is 42.5 Å². The summed E-state index contributed by atoms with van der Waals surface area (Å²) < 4.78 is 0. The standard InChI is InChI=1S/C16H19NO3/c1-11(15-7-6-14(19)10-16(15)20)17-9-8-12-2-4-13(18)5-3-12/h2-7,10-11,17-20H,8-9H2,1H3. The van der Waals surface area contributed by atoms with Gasteiger partial charge in [0, 0.05) is 17.7 Å². The molecule has 106 valence electrons. The zero-order chi connectivity index (χ0) is 14.5. The van der Waals surface area contributed by atoms with Gasteiger partial charge in [-0.15, -0.1) is 0 Å². The van der Waals surface area contributed by atoms with Gasteiger partial charge in [-0.1, -0.05) is 18.2 Å². The molecule has 2 aromatic carbocycles. The predicted octanol–water partition coefficient (Wildman–Crippen LogP) is 2.70. The van der Waals surface area contributed by atoms with E-state index >= 15 is 0 Å². The number of nitrogens with one attached hydrogen (secondary N) is 1. The van der Waals surface area contributed by atoms with E-state index < -0.39 is 0 Å². The summed E-state index contributed by atoms with van der Waals surface area (Å²) in [5.74, 6) is 0.418. The fourth-order valence-electron chi connectivity index (χ4n) is 2.10. The summed E-state index contributed by atoms with van der Waals surface area (Å²) in [4.78, 5) is 0. The van der Waals surface area contributed by atoms with E-state index in [9.17, 15) is 15.3 Å². The number of rotatable bonds is 5. The Kier molecular flexibility index (Phi) is 4.48. The van der Waals surface area contributed by atoms with E-state index in [2.05, 4.69) is 5.32 Å². The van der Waals surface area contributed by atoms with E-state index in [1.807, 2.05) is 19.1 Å². The number of phenols is 3. The monoisotopic (exact) mass is 273 g/mol. The molecule has 0 aromatic heterocycles. The molecule has 0 amide bonds. The summed E-state index contributed by atoms with van der Waals surface area (Å²) in [6.45, 7) is 2.72. The van der Waals surface area contributed by atoms with Gasteiger partial charge < -0.3 is 20.6 Å². The van der Waals surface area contributed by atoms with Gasteiger partial charge in [0.2, 0.25) is 0 Å². The van der Waals surface area contributed by atoms with Gasteiger partial charge in [0.05, 0.1) is 0 Å². The second-order valence-electron chi connectivity index (χ2n) is 4.84. The van der Waals surface area contributed by atoms with E-state index in [0.717, 1.165) is 24.1 Å². The van der Waals surface area contributed by atoms with Gasteiger partial charge in [-0.3, -0.25) is 0 Å². The Morgan fingerprint density at radius 1 is 0.950 bits per heavy atom. The second-order valence-corrected chi connectivity index (χ2v) is 4.84. The maximum Gasteiger partial charge on any atom is 0.124 e. The van der Waals surface area contributed by atoms with Crippen molar-refractivity contribution in [2.75, 3.05) is 6.54 Å². The molecule has 0 aliphatic rings. The molecule has 0 radical (unpaired) electrons. The molecular weight excluding hydrogens is 254 g/mol. The number of hydrogen-bond acceptors (Lipinski definition) is 4. The zero-order valence-corrected chi connectivity index (χ0v) is 11.4. The largest absolute Gasteiger partial charge is 0.508 e. The molecule has 1 atom stereocenters. The van der Waals surface area contributed by atoms with Crippen molar-refractivity contribution in [1.29, 1.82) is 0 Å². The molecule has 1 unspecified atom stereocenters. The highest BCUT2D eigenvalue weighted by molar-refractivity contribution is 5.40. The molecule has 0 spiro atoms. The molecule has 2 rings (SSSR count). The highest BCUT2D eigenvalue weighted by Crippen LogP contribution is 2.27. The van der Waals surface area contributed by atoms with E-state index in [4.69, 9.17) is 0 Å². The molecular formula is C16H19NO3. The maximum atomic E-state index is 9.78. The number of hydrogen-bond donors (Lipinski definition) is 4. The van der Waals surface area contributed by atoms with Crippen molar-refractivity contribution in [3.63, 3.8) is 0 Å². The third-order valence-electron chi connectivity index (χ3n) is 3.28. The van der Waals surface area contributed by atoms with E-state index in [-0.39, 0.29) is 23.3 Å². The number of aromatic hydroxyl groups is 3. The average Bonchev–Trinajstić information content (AvgIpc) is 2.41. The number of phenolic OH excluding ortho intramolecular Hbond substituents is 3. The molecule has 4 heteroatoms. The van der Waals surface area contributed by atoms with Crippen molar-refractivity contribution >= 4 is 0 Å². The van der Waals surface area contributed by atoms with E-state index in [0.29, 0.717) is 0 Å². The summed E-state index contributed by atoms with van der Waals surface area (Å²) in [5.41, 5.74) is 1.89. The Morgan fingerprint density at radius 3 is 2.25 bits per heavy atom. The normalized spacial score (nSPS) is 12.2. The third kappa shape index (κ3) is 3.65. The first-order chi connectivity index (χ1) is 9.56. The van der Waals surface area contributed by atoms with Gasteiger partial charge in [0.15, 0.2) is 0 Å². The minimum absolute atomic E-state index is 0.00675. The van der Waals surface area contributed by atoms with Crippen LogP contribution in [0.5, 0.6) is 17.2 Å². The van der Waals surface area contributed by atoms with Gasteiger partial charge in [-0.25, -0.2) is 0 Å². The van der Waals surface area contributed by atoms with Crippen LogP contribution in [0.3, 0.4) is 0 Å². The van der Waals surface area contributed by atoms with Crippen molar-refractivity contribution < 1.29 is 15.3 Å². The minimum Gasteiger partial charge on any atom is -0.508 e. The summed E-state index contributed by atoms with van der Waals surface area (Å²) in [7, 11) is 0. The first-order valence-corrected chi connectivity index (χ1v) is 6.59. The van der Waals surface area contributed by atoms with E-state index in [1.165, 1.54) is 6.07 Å². The Balaban J connectivity index is 1.88. The molecule has 0 fully saturated rings. The highest BCUT2D eigenvalue weighted by atomic mass is 16.3. The lowest BCUT2D eigenvalue weighted by molar-refractivity contribution is 0.436. The summed E-state index contributed by atoms with van der Waals surface area (Å²) in [6.07, 6.45) is 0.837. The lowest BCUT2D eigenvalue weighted by Crippen LogP contribution is -2.21. The summed E-state index contributed by atoms with van der Waals surface area (Å²) >= 11 is 0.